The topological polar surface area (TPSA) is 79.2 Å². The van der Waals surface area contributed by atoms with E-state index in [2.05, 4.69) is 4.99 Å². The van der Waals surface area contributed by atoms with Gasteiger partial charge in [0.05, 0.1) is 6.61 Å². The molecule has 0 saturated heterocycles. The molecule has 0 unspecified atom stereocenters. The number of amidine groups is 1. The summed E-state index contributed by atoms with van der Waals surface area (Å²) in [7, 11) is 0. The van der Waals surface area contributed by atoms with E-state index in [9.17, 15) is 19.1 Å². The first-order valence-corrected chi connectivity index (χ1v) is 8.48. The van der Waals surface area contributed by atoms with Crippen LogP contribution in [0.2, 0.25) is 0 Å². The van der Waals surface area contributed by atoms with Crippen LogP contribution in [0.25, 0.3) is 0 Å². The zero-order valence-corrected chi connectivity index (χ0v) is 14.9. The molecule has 1 aliphatic heterocycles. The molecule has 0 saturated carbocycles. The van der Waals surface area contributed by atoms with Gasteiger partial charge in [0, 0.05) is 11.3 Å². The molecule has 1 N–H and O–H groups in total. The van der Waals surface area contributed by atoms with Crippen molar-refractivity contribution in [2.75, 3.05) is 11.5 Å². The molecule has 6 nitrogen and oxygen atoms in total. The number of halogens is 1. The molecule has 0 amide bonds. The van der Waals surface area contributed by atoms with Crippen molar-refractivity contribution in [1.29, 1.82) is 0 Å². The summed E-state index contributed by atoms with van der Waals surface area (Å²) in [6, 6.07) is 13.2. The van der Waals surface area contributed by atoms with Crippen LogP contribution in [0.3, 0.4) is 0 Å². The lowest BCUT2D eigenvalue weighted by Crippen LogP contribution is -2.55. The minimum Gasteiger partial charge on any atom is -0.479 e. The highest BCUT2D eigenvalue weighted by atomic mass is 19.1. The molecule has 3 rings (SSSR count). The van der Waals surface area contributed by atoms with Crippen molar-refractivity contribution in [3.05, 3.63) is 66.0 Å². The normalized spacial score (nSPS) is 21.7. The van der Waals surface area contributed by atoms with Gasteiger partial charge in [-0.15, -0.1) is 0 Å². The molecular weight excluding hydrogens is 351 g/mol. The van der Waals surface area contributed by atoms with Gasteiger partial charge in [0.25, 0.3) is 0 Å². The van der Waals surface area contributed by atoms with Gasteiger partial charge in [-0.1, -0.05) is 30.3 Å². The van der Waals surface area contributed by atoms with E-state index in [4.69, 9.17) is 4.74 Å². The van der Waals surface area contributed by atoms with E-state index >= 15 is 0 Å². The first-order chi connectivity index (χ1) is 12.9. The number of benzene rings is 2. The van der Waals surface area contributed by atoms with Crippen LogP contribution in [-0.2, 0) is 14.3 Å². The highest BCUT2D eigenvalue weighted by Gasteiger charge is 2.56. The number of carbonyl (C=O) groups is 2. The number of hydrogen-bond acceptors (Lipinski definition) is 5. The Balaban J connectivity index is 2.21. The number of nitrogens with zero attached hydrogens (tertiary/aromatic N) is 2. The summed E-state index contributed by atoms with van der Waals surface area (Å²) in [5, 5.41) is 9.83. The van der Waals surface area contributed by atoms with Crippen LogP contribution < -0.4 is 4.90 Å². The summed E-state index contributed by atoms with van der Waals surface area (Å²) in [4.78, 5) is 30.7. The maximum Gasteiger partial charge on any atom is 0.334 e. The van der Waals surface area contributed by atoms with Gasteiger partial charge >= 0.3 is 11.9 Å². The monoisotopic (exact) mass is 370 g/mol. The van der Waals surface area contributed by atoms with Gasteiger partial charge in [0.1, 0.15) is 11.7 Å². The van der Waals surface area contributed by atoms with Gasteiger partial charge in [0.2, 0.25) is 0 Å². The van der Waals surface area contributed by atoms with E-state index in [0.29, 0.717) is 17.1 Å². The van der Waals surface area contributed by atoms with Gasteiger partial charge in [-0.05, 0) is 38.1 Å². The Morgan fingerprint density at radius 1 is 1.19 bits per heavy atom. The van der Waals surface area contributed by atoms with Crippen molar-refractivity contribution < 1.29 is 23.8 Å². The Bertz CT molecular complexity index is 883. The first kappa shape index (κ1) is 18.6. The van der Waals surface area contributed by atoms with E-state index in [1.165, 1.54) is 36.1 Å². The summed E-state index contributed by atoms with van der Waals surface area (Å²) in [6.45, 7) is 3.12. The number of aliphatic imine (C=N–C) groups is 1. The van der Waals surface area contributed by atoms with E-state index in [1.54, 1.807) is 31.2 Å². The highest BCUT2D eigenvalue weighted by Crippen LogP contribution is 2.36. The Hall–Kier alpha value is -3.22. The van der Waals surface area contributed by atoms with Crippen LogP contribution in [0.5, 0.6) is 0 Å². The number of anilines is 1. The van der Waals surface area contributed by atoms with Crippen LogP contribution in [-0.4, -0.2) is 41.1 Å². The minimum absolute atomic E-state index is 0.100. The largest absolute Gasteiger partial charge is 0.479 e. The van der Waals surface area contributed by atoms with Crippen molar-refractivity contribution in [2.24, 2.45) is 4.99 Å². The van der Waals surface area contributed by atoms with E-state index in [-0.39, 0.29) is 6.61 Å². The standard InChI is InChI=1S/C20H19FN2O4/c1-3-27-18(24)16-20(2,19(25)26)22-17(13-7-5-4-6-8-13)23(16)15-11-9-14(21)10-12-15/h4-12,16H,3H2,1-2H3,(H,25,26)/t16-,20-/m0/s1. The fourth-order valence-corrected chi connectivity index (χ4v) is 3.09. The third-order valence-corrected chi connectivity index (χ3v) is 4.44. The summed E-state index contributed by atoms with van der Waals surface area (Å²) >= 11 is 0. The van der Waals surface area contributed by atoms with Crippen LogP contribution in [0.15, 0.2) is 59.6 Å². The Kier molecular flexibility index (Phi) is 4.94. The van der Waals surface area contributed by atoms with Gasteiger partial charge in [0.15, 0.2) is 11.6 Å². The molecule has 0 bridgehead atoms. The third kappa shape index (κ3) is 3.28. The third-order valence-electron chi connectivity index (χ3n) is 4.44. The number of esters is 1. The smallest absolute Gasteiger partial charge is 0.334 e. The number of carboxylic acids is 1. The number of aliphatic carboxylic acids is 1. The van der Waals surface area contributed by atoms with Crippen molar-refractivity contribution in [1.82, 2.24) is 0 Å². The predicted molar refractivity (Wildman–Crippen MR) is 98.3 cm³/mol. The predicted octanol–water partition coefficient (Wildman–Crippen LogP) is 2.87. The van der Waals surface area contributed by atoms with Crippen LogP contribution in [0.1, 0.15) is 19.4 Å². The molecule has 1 aliphatic rings. The second-order valence-electron chi connectivity index (χ2n) is 6.26. The lowest BCUT2D eigenvalue weighted by Gasteiger charge is -2.31. The van der Waals surface area contributed by atoms with Crippen molar-refractivity contribution in [3.8, 4) is 0 Å². The molecular formula is C20H19FN2O4. The Labute approximate surface area is 155 Å². The van der Waals surface area contributed by atoms with Gasteiger partial charge in [-0.2, -0.15) is 0 Å². The zero-order chi connectivity index (χ0) is 19.6. The molecule has 27 heavy (non-hydrogen) atoms. The van der Waals surface area contributed by atoms with Crippen molar-refractivity contribution >= 4 is 23.5 Å². The summed E-state index contributed by atoms with van der Waals surface area (Å²) in [5.41, 5.74) is -0.672. The Morgan fingerprint density at radius 2 is 1.81 bits per heavy atom. The lowest BCUT2D eigenvalue weighted by atomic mass is 9.93. The molecule has 1 heterocycles. The fourth-order valence-electron chi connectivity index (χ4n) is 3.09. The quantitative estimate of drug-likeness (QED) is 0.819. The van der Waals surface area contributed by atoms with Crippen LogP contribution in [0.4, 0.5) is 10.1 Å². The lowest BCUT2D eigenvalue weighted by molar-refractivity contribution is -0.153. The van der Waals surface area contributed by atoms with E-state index in [1.807, 2.05) is 6.07 Å². The molecule has 0 radical (unpaired) electrons. The van der Waals surface area contributed by atoms with Gasteiger partial charge in [-0.3, -0.25) is 0 Å². The molecule has 0 fully saturated rings. The average molecular weight is 370 g/mol. The molecule has 7 heteroatoms. The SMILES string of the molecule is CCOC(=O)[C@@H]1N(c2ccc(F)cc2)C(c2ccccc2)=N[C@]1(C)C(=O)O. The maximum atomic E-state index is 13.4. The number of rotatable bonds is 5. The summed E-state index contributed by atoms with van der Waals surface area (Å²) in [6.07, 6.45) is 0. The Morgan fingerprint density at radius 3 is 2.37 bits per heavy atom. The molecule has 2 atom stereocenters. The number of carbonyl (C=O) groups excluding carboxylic acids is 1. The molecule has 2 aromatic carbocycles. The average Bonchev–Trinajstić information content (AvgIpc) is 2.98. The van der Waals surface area contributed by atoms with E-state index < -0.39 is 29.3 Å². The summed E-state index contributed by atoms with van der Waals surface area (Å²) in [5.74, 6) is -2.09. The minimum atomic E-state index is -1.76. The zero-order valence-electron chi connectivity index (χ0n) is 14.9. The molecule has 0 aromatic heterocycles. The van der Waals surface area contributed by atoms with Gasteiger partial charge < -0.3 is 14.7 Å². The van der Waals surface area contributed by atoms with Crippen LogP contribution >= 0.6 is 0 Å². The fraction of sp³-hybridized carbons (Fsp3) is 0.250. The second kappa shape index (κ2) is 7.19. The number of carboxylic acid groups (broad SMARTS) is 1. The molecule has 0 spiro atoms. The molecule has 140 valence electrons. The number of hydrogen-bond donors (Lipinski definition) is 1. The molecule has 0 aliphatic carbocycles. The highest BCUT2D eigenvalue weighted by molar-refractivity contribution is 6.17. The number of ether oxygens (including phenoxy) is 1. The van der Waals surface area contributed by atoms with Crippen molar-refractivity contribution in [2.45, 2.75) is 25.4 Å². The first-order valence-electron chi connectivity index (χ1n) is 8.48. The summed E-state index contributed by atoms with van der Waals surface area (Å²) < 4.78 is 18.6. The van der Waals surface area contributed by atoms with E-state index in [0.717, 1.165) is 0 Å². The maximum absolute atomic E-state index is 13.4. The van der Waals surface area contributed by atoms with Gasteiger partial charge in [-0.25, -0.2) is 19.0 Å². The second-order valence-corrected chi connectivity index (χ2v) is 6.26. The van der Waals surface area contributed by atoms with Crippen LogP contribution in [0, 0.1) is 5.82 Å². The molecule has 2 aromatic rings. The van der Waals surface area contributed by atoms with Crippen molar-refractivity contribution in [3.63, 3.8) is 0 Å².